The van der Waals surface area contributed by atoms with Gasteiger partial charge in [0, 0.05) is 16.6 Å². The minimum atomic E-state index is -0.281. The number of benzene rings is 1. The van der Waals surface area contributed by atoms with E-state index in [4.69, 9.17) is 9.15 Å². The molecule has 0 saturated heterocycles. The molecule has 3 heterocycles. The van der Waals surface area contributed by atoms with Gasteiger partial charge in [0.1, 0.15) is 16.6 Å². The lowest BCUT2D eigenvalue weighted by Gasteiger charge is -2.21. The highest BCUT2D eigenvalue weighted by molar-refractivity contribution is 7.16. The molecule has 0 aliphatic heterocycles. The van der Waals surface area contributed by atoms with Crippen LogP contribution in [-0.2, 0) is 0 Å². The van der Waals surface area contributed by atoms with Crippen molar-refractivity contribution in [2.24, 2.45) is 0 Å². The highest BCUT2D eigenvalue weighted by Gasteiger charge is 2.23. The van der Waals surface area contributed by atoms with Crippen LogP contribution in [0.5, 0.6) is 5.75 Å². The minimum Gasteiger partial charge on any atom is -0.494 e. The van der Waals surface area contributed by atoms with Gasteiger partial charge >= 0.3 is 0 Å². The summed E-state index contributed by atoms with van der Waals surface area (Å²) in [6.07, 6.45) is 3.23. The number of ether oxygens (including phenoxy) is 1. The largest absolute Gasteiger partial charge is 0.494 e. The number of hydrogen-bond donors (Lipinski definition) is 2. The van der Waals surface area contributed by atoms with Crippen molar-refractivity contribution < 1.29 is 13.9 Å². The number of thiophene rings is 1. The van der Waals surface area contributed by atoms with Crippen molar-refractivity contribution in [3.63, 3.8) is 0 Å². The number of anilines is 2. The molecule has 2 N–H and O–H groups in total. The van der Waals surface area contributed by atoms with Crippen LogP contribution in [0, 0.1) is 6.92 Å². The molecule has 7 heteroatoms. The van der Waals surface area contributed by atoms with Crippen molar-refractivity contribution in [2.75, 3.05) is 17.2 Å². The van der Waals surface area contributed by atoms with Crippen molar-refractivity contribution in [3.8, 4) is 5.75 Å². The van der Waals surface area contributed by atoms with Gasteiger partial charge in [-0.05, 0) is 61.9 Å². The Bertz CT molecular complexity index is 1120. The quantitative estimate of drug-likeness (QED) is 0.362. The Hall–Kier alpha value is -3.58. The second-order valence-electron chi connectivity index (χ2n) is 6.87. The van der Waals surface area contributed by atoms with Gasteiger partial charge in [0.15, 0.2) is 5.76 Å². The molecular weight excluding hydrogens is 410 g/mol. The van der Waals surface area contributed by atoms with E-state index in [0.29, 0.717) is 6.61 Å². The van der Waals surface area contributed by atoms with E-state index in [0.717, 1.165) is 32.6 Å². The SMILES string of the molecule is CCOc1ccc([C@@H](Nc2ccccn2)c2cc(C)sc2NC(=O)c2ccco2)cc1. The summed E-state index contributed by atoms with van der Waals surface area (Å²) in [6.45, 7) is 4.59. The number of furan rings is 1. The van der Waals surface area contributed by atoms with E-state index < -0.39 is 0 Å². The van der Waals surface area contributed by atoms with Crippen LogP contribution >= 0.6 is 11.3 Å². The fourth-order valence-corrected chi connectivity index (χ4v) is 4.22. The number of nitrogens with zero attached hydrogens (tertiary/aromatic N) is 1. The van der Waals surface area contributed by atoms with Crippen molar-refractivity contribution in [3.05, 3.63) is 94.9 Å². The Balaban J connectivity index is 1.70. The molecule has 3 aromatic heterocycles. The average molecular weight is 434 g/mol. The molecule has 0 radical (unpaired) electrons. The Labute approximate surface area is 184 Å². The zero-order valence-electron chi connectivity index (χ0n) is 17.3. The van der Waals surface area contributed by atoms with Crippen LogP contribution in [0.25, 0.3) is 0 Å². The Morgan fingerprint density at radius 1 is 1.16 bits per heavy atom. The number of amides is 1. The molecule has 0 fully saturated rings. The van der Waals surface area contributed by atoms with E-state index in [9.17, 15) is 4.79 Å². The van der Waals surface area contributed by atoms with Gasteiger partial charge in [0.2, 0.25) is 0 Å². The van der Waals surface area contributed by atoms with Crippen LogP contribution < -0.4 is 15.4 Å². The van der Waals surface area contributed by atoms with E-state index >= 15 is 0 Å². The van der Waals surface area contributed by atoms with Crippen molar-refractivity contribution >= 4 is 28.1 Å². The maximum Gasteiger partial charge on any atom is 0.291 e. The van der Waals surface area contributed by atoms with Crippen LogP contribution in [0.3, 0.4) is 0 Å². The molecule has 1 aromatic carbocycles. The summed E-state index contributed by atoms with van der Waals surface area (Å²) in [6, 6.07) is 18.9. The first-order valence-electron chi connectivity index (χ1n) is 9.99. The smallest absolute Gasteiger partial charge is 0.291 e. The fourth-order valence-electron chi connectivity index (χ4n) is 3.28. The van der Waals surface area contributed by atoms with Crippen LogP contribution in [-0.4, -0.2) is 17.5 Å². The monoisotopic (exact) mass is 433 g/mol. The normalized spacial score (nSPS) is 11.7. The number of hydrogen-bond acceptors (Lipinski definition) is 6. The molecule has 0 bridgehead atoms. The number of aromatic nitrogens is 1. The number of nitrogens with one attached hydrogen (secondary N) is 2. The summed E-state index contributed by atoms with van der Waals surface area (Å²) < 4.78 is 10.8. The molecule has 0 aliphatic rings. The summed E-state index contributed by atoms with van der Waals surface area (Å²) in [4.78, 5) is 18.1. The van der Waals surface area contributed by atoms with Crippen LogP contribution in [0.1, 0.15) is 39.5 Å². The van der Waals surface area contributed by atoms with Gasteiger partial charge in [-0.3, -0.25) is 4.79 Å². The molecule has 0 spiro atoms. The van der Waals surface area contributed by atoms with Gasteiger partial charge in [-0.15, -0.1) is 11.3 Å². The maximum atomic E-state index is 12.6. The summed E-state index contributed by atoms with van der Waals surface area (Å²) in [5, 5.41) is 7.27. The zero-order valence-corrected chi connectivity index (χ0v) is 18.1. The number of aryl methyl sites for hydroxylation is 1. The van der Waals surface area contributed by atoms with Crippen molar-refractivity contribution in [1.29, 1.82) is 0 Å². The molecule has 0 saturated carbocycles. The summed E-state index contributed by atoms with van der Waals surface area (Å²) in [7, 11) is 0. The first kappa shape index (κ1) is 20.7. The van der Waals surface area contributed by atoms with Crippen molar-refractivity contribution in [2.45, 2.75) is 19.9 Å². The molecule has 1 atom stereocenters. The summed E-state index contributed by atoms with van der Waals surface area (Å²) >= 11 is 1.53. The van der Waals surface area contributed by atoms with Gasteiger partial charge in [0.05, 0.1) is 18.9 Å². The second-order valence-corrected chi connectivity index (χ2v) is 8.12. The summed E-state index contributed by atoms with van der Waals surface area (Å²) in [5.41, 5.74) is 1.98. The molecule has 31 heavy (non-hydrogen) atoms. The molecule has 0 aliphatic carbocycles. The maximum absolute atomic E-state index is 12.6. The van der Waals surface area contributed by atoms with Crippen molar-refractivity contribution in [1.82, 2.24) is 4.98 Å². The van der Waals surface area contributed by atoms with E-state index in [1.165, 1.54) is 17.6 Å². The third-order valence-electron chi connectivity index (χ3n) is 4.65. The fraction of sp³-hybridized carbons (Fsp3) is 0.167. The van der Waals surface area contributed by atoms with Gasteiger partial charge < -0.3 is 19.8 Å². The third-order valence-corrected chi connectivity index (χ3v) is 5.63. The van der Waals surface area contributed by atoms with E-state index in [2.05, 4.69) is 21.7 Å². The minimum absolute atomic E-state index is 0.220. The molecule has 158 valence electrons. The highest BCUT2D eigenvalue weighted by atomic mass is 32.1. The number of carbonyl (C=O) groups is 1. The predicted octanol–water partition coefficient (Wildman–Crippen LogP) is 5.90. The predicted molar refractivity (Wildman–Crippen MR) is 123 cm³/mol. The van der Waals surface area contributed by atoms with Crippen LogP contribution in [0.4, 0.5) is 10.8 Å². The first-order chi connectivity index (χ1) is 15.1. The third kappa shape index (κ3) is 4.95. The zero-order chi connectivity index (χ0) is 21.6. The van der Waals surface area contributed by atoms with Crippen LogP contribution in [0.2, 0.25) is 0 Å². The van der Waals surface area contributed by atoms with E-state index in [1.807, 2.05) is 56.3 Å². The van der Waals surface area contributed by atoms with Crippen LogP contribution in [0.15, 0.2) is 77.5 Å². The Morgan fingerprint density at radius 3 is 2.68 bits per heavy atom. The summed E-state index contributed by atoms with van der Waals surface area (Å²) in [5.74, 6) is 1.55. The lowest BCUT2D eigenvalue weighted by molar-refractivity contribution is 0.0997. The van der Waals surface area contributed by atoms with Gasteiger partial charge in [0.25, 0.3) is 5.91 Å². The number of carbonyl (C=O) groups excluding carboxylic acids is 1. The topological polar surface area (TPSA) is 76.4 Å². The lowest BCUT2D eigenvalue weighted by atomic mass is 9.99. The molecule has 6 nitrogen and oxygen atoms in total. The molecule has 4 rings (SSSR count). The Kier molecular flexibility index (Phi) is 6.33. The molecule has 1 amide bonds. The van der Waals surface area contributed by atoms with Gasteiger partial charge in [-0.2, -0.15) is 0 Å². The lowest BCUT2D eigenvalue weighted by Crippen LogP contribution is -2.16. The van der Waals surface area contributed by atoms with E-state index in [-0.39, 0.29) is 17.7 Å². The van der Waals surface area contributed by atoms with Gasteiger partial charge in [-0.25, -0.2) is 4.98 Å². The number of pyridine rings is 1. The average Bonchev–Trinajstić information content (AvgIpc) is 3.44. The first-order valence-corrected chi connectivity index (χ1v) is 10.8. The number of rotatable bonds is 8. The standard InChI is InChI=1S/C24H23N3O3S/c1-3-29-18-11-9-17(10-12-18)22(26-21-8-4-5-13-25-21)19-15-16(2)31-24(19)27-23(28)20-7-6-14-30-20/h4-15,22H,3H2,1-2H3,(H,25,26)(H,27,28)/t22-/m1/s1. The van der Waals surface area contributed by atoms with Gasteiger partial charge in [-0.1, -0.05) is 18.2 Å². The Morgan fingerprint density at radius 2 is 2.00 bits per heavy atom. The molecule has 4 aromatic rings. The highest BCUT2D eigenvalue weighted by Crippen LogP contribution is 2.38. The molecule has 0 unspecified atom stereocenters. The van der Waals surface area contributed by atoms with E-state index in [1.54, 1.807) is 18.3 Å². The second kappa shape index (κ2) is 9.49. The molecular formula is C24H23N3O3S.